The molecule has 0 amide bonds. The molecule has 0 aromatic rings. The second-order valence-electron chi connectivity index (χ2n) is 2.11. The lowest BCUT2D eigenvalue weighted by molar-refractivity contribution is 0.544. The molecule has 0 N–H and O–H groups in total. The zero-order valence-corrected chi connectivity index (χ0v) is 5.17. The molecule has 2 heteroatoms. The topological polar surface area (TPSA) is 13.1 Å². The van der Waals surface area contributed by atoms with Crippen molar-refractivity contribution in [3.05, 3.63) is 36.5 Å². The highest BCUT2D eigenvalue weighted by atomic mass is 19.1. The third kappa shape index (κ3) is 0.620. The van der Waals surface area contributed by atoms with Crippen molar-refractivity contribution in [2.45, 2.75) is 0 Å². The quantitative estimate of drug-likeness (QED) is 0.542. The van der Waals surface area contributed by atoms with Gasteiger partial charge in [0.25, 0.3) is 0 Å². The van der Waals surface area contributed by atoms with Gasteiger partial charge < -0.3 is 4.42 Å². The summed E-state index contributed by atoms with van der Waals surface area (Å²) in [6, 6.07) is 4.89. The van der Waals surface area contributed by atoms with Gasteiger partial charge in [-0.3, -0.25) is 0 Å². The van der Waals surface area contributed by atoms with Gasteiger partial charge in [0, 0.05) is 0 Å². The first-order chi connectivity index (χ1) is 4.88. The molecule has 1 heterocycles. The summed E-state index contributed by atoms with van der Waals surface area (Å²) in [5.41, 5.74) is 1.42. The number of hydrogen-bond acceptors (Lipinski definition) is 1. The van der Waals surface area contributed by atoms with Gasteiger partial charge in [0.05, 0.1) is 11.8 Å². The van der Waals surface area contributed by atoms with Crippen LogP contribution in [0.5, 0.6) is 0 Å². The maximum absolute atomic E-state index is 12.7. The monoisotopic (exact) mass is 136 g/mol. The average molecular weight is 136 g/mol. The van der Waals surface area contributed by atoms with Crippen LogP contribution in [-0.2, 0) is 0 Å². The van der Waals surface area contributed by atoms with Crippen LogP contribution in [0.3, 0.4) is 0 Å². The van der Waals surface area contributed by atoms with E-state index in [1.807, 2.05) is 0 Å². The molecule has 2 rings (SSSR count). The van der Waals surface area contributed by atoms with E-state index in [0.29, 0.717) is 5.56 Å². The van der Waals surface area contributed by atoms with Gasteiger partial charge >= 0.3 is 0 Å². The van der Waals surface area contributed by atoms with Crippen molar-refractivity contribution >= 4 is 0 Å². The molecule has 0 unspecified atom stereocenters. The van der Waals surface area contributed by atoms with E-state index in [-0.39, 0.29) is 5.82 Å². The van der Waals surface area contributed by atoms with Gasteiger partial charge in [-0.1, -0.05) is 6.07 Å². The summed E-state index contributed by atoms with van der Waals surface area (Å²) in [4.78, 5) is 0. The van der Waals surface area contributed by atoms with E-state index >= 15 is 0 Å². The van der Waals surface area contributed by atoms with Crippen molar-refractivity contribution in [2.24, 2.45) is 0 Å². The lowest BCUT2D eigenvalue weighted by Crippen LogP contribution is -1.73. The molecule has 1 aliphatic carbocycles. The first-order valence-corrected chi connectivity index (χ1v) is 2.98. The van der Waals surface area contributed by atoms with Gasteiger partial charge in [0.15, 0.2) is 0 Å². The normalized spacial score (nSPS) is 10.5. The Morgan fingerprint density at radius 1 is 1.20 bits per heavy atom. The molecular weight excluding hydrogens is 131 g/mol. The van der Waals surface area contributed by atoms with Crippen molar-refractivity contribution < 1.29 is 8.81 Å². The van der Waals surface area contributed by atoms with E-state index in [4.69, 9.17) is 4.42 Å². The lowest BCUT2D eigenvalue weighted by Gasteiger charge is -1.93. The molecule has 50 valence electrons. The lowest BCUT2D eigenvalue weighted by atomic mass is 10.2. The zero-order valence-electron chi connectivity index (χ0n) is 5.17. The molecule has 10 heavy (non-hydrogen) atoms. The Labute approximate surface area is 57.4 Å². The van der Waals surface area contributed by atoms with Crippen molar-refractivity contribution in [1.82, 2.24) is 0 Å². The largest absolute Gasteiger partial charge is 0.472 e. The predicted octanol–water partition coefficient (Wildman–Crippen LogP) is 2.52. The van der Waals surface area contributed by atoms with Crippen LogP contribution in [0.2, 0.25) is 0 Å². The predicted molar refractivity (Wildman–Crippen MR) is 35.3 cm³/mol. The van der Waals surface area contributed by atoms with Crippen molar-refractivity contribution in [3.8, 4) is 11.1 Å². The number of halogens is 1. The Morgan fingerprint density at radius 3 is 2.90 bits per heavy atom. The van der Waals surface area contributed by atoms with Crippen LogP contribution in [0.25, 0.3) is 11.1 Å². The minimum atomic E-state index is -0.223. The smallest absolute Gasteiger partial charge is 0.134 e. The highest BCUT2D eigenvalue weighted by Crippen LogP contribution is 2.25. The summed E-state index contributed by atoms with van der Waals surface area (Å²) in [7, 11) is 0. The first kappa shape index (κ1) is 5.47. The number of rotatable bonds is 0. The fourth-order valence-electron chi connectivity index (χ4n) is 0.970. The average Bonchev–Trinajstić information content (AvgIpc) is 2.34. The van der Waals surface area contributed by atoms with Crippen molar-refractivity contribution in [2.75, 3.05) is 0 Å². The summed E-state index contributed by atoms with van der Waals surface area (Å²) in [6.07, 6.45) is 2.94. The van der Waals surface area contributed by atoms with E-state index in [9.17, 15) is 4.39 Å². The zero-order chi connectivity index (χ0) is 6.97. The molecule has 0 radical (unpaired) electrons. The van der Waals surface area contributed by atoms with Gasteiger partial charge in [0.1, 0.15) is 12.1 Å². The van der Waals surface area contributed by atoms with Crippen LogP contribution in [0, 0.1) is 5.82 Å². The summed E-state index contributed by atoms with van der Waals surface area (Å²) in [6.45, 7) is 0. The summed E-state index contributed by atoms with van der Waals surface area (Å²) in [5.74, 6) is -0.223. The molecule has 0 aromatic heterocycles. The molecule has 0 saturated heterocycles. The fraction of sp³-hybridized carbons (Fsp3) is 0. The first-order valence-electron chi connectivity index (χ1n) is 2.98. The Bertz CT molecular complexity index is 313. The molecular formula is C8H5FO. The fourth-order valence-corrected chi connectivity index (χ4v) is 0.970. The van der Waals surface area contributed by atoms with E-state index in [0.717, 1.165) is 5.56 Å². The number of hydrogen-bond donors (Lipinski definition) is 0. The van der Waals surface area contributed by atoms with Crippen LogP contribution in [0.1, 0.15) is 0 Å². The third-order valence-electron chi connectivity index (χ3n) is 1.49. The molecule has 0 fully saturated rings. The maximum atomic E-state index is 12.7. The van der Waals surface area contributed by atoms with Gasteiger partial charge in [0.2, 0.25) is 0 Å². The summed E-state index contributed by atoms with van der Waals surface area (Å²) in [5, 5.41) is 0. The van der Waals surface area contributed by atoms with Crippen LogP contribution >= 0.6 is 0 Å². The van der Waals surface area contributed by atoms with Gasteiger partial charge in [-0.15, -0.1) is 0 Å². The minimum absolute atomic E-state index is 0.223. The van der Waals surface area contributed by atoms with E-state index in [1.165, 1.54) is 18.6 Å². The van der Waals surface area contributed by atoms with Crippen LogP contribution < -0.4 is 0 Å². The molecule has 0 bridgehead atoms. The Morgan fingerprint density at radius 2 is 2.10 bits per heavy atom. The SMILES string of the molecule is Fc1ccc2ccocc1-2. The Kier molecular flexibility index (Phi) is 1.01. The molecule has 0 spiro atoms. The van der Waals surface area contributed by atoms with Crippen LogP contribution in [-0.4, -0.2) is 0 Å². The van der Waals surface area contributed by atoms with Crippen LogP contribution in [0.15, 0.2) is 35.1 Å². The van der Waals surface area contributed by atoms with E-state index < -0.39 is 0 Å². The minimum Gasteiger partial charge on any atom is -0.472 e. The molecule has 2 aliphatic rings. The molecule has 1 nitrogen and oxygen atoms in total. The maximum Gasteiger partial charge on any atom is 0.134 e. The van der Waals surface area contributed by atoms with E-state index in [1.54, 1.807) is 12.1 Å². The second kappa shape index (κ2) is 1.84. The van der Waals surface area contributed by atoms with Gasteiger partial charge in [-0.2, -0.15) is 0 Å². The molecule has 0 atom stereocenters. The van der Waals surface area contributed by atoms with Gasteiger partial charge in [-0.25, -0.2) is 4.39 Å². The Balaban J connectivity index is 2.78. The Hall–Kier alpha value is -1.31. The molecule has 0 aromatic carbocycles. The standard InChI is InChI=1S/C8H5FO/c9-8-2-1-6-3-4-10-5-7(6)8/h1-5H. The highest BCUT2D eigenvalue weighted by molar-refractivity contribution is 5.65. The van der Waals surface area contributed by atoms with Gasteiger partial charge in [-0.05, 0) is 17.7 Å². The number of fused-ring (bicyclic) bond motifs is 1. The summed E-state index contributed by atoms with van der Waals surface area (Å²) >= 11 is 0. The third-order valence-corrected chi connectivity index (χ3v) is 1.49. The summed E-state index contributed by atoms with van der Waals surface area (Å²) < 4.78 is 17.5. The van der Waals surface area contributed by atoms with E-state index in [2.05, 4.69) is 0 Å². The van der Waals surface area contributed by atoms with Crippen molar-refractivity contribution in [3.63, 3.8) is 0 Å². The highest BCUT2D eigenvalue weighted by Gasteiger charge is 2.07. The van der Waals surface area contributed by atoms with Crippen LogP contribution in [0.4, 0.5) is 4.39 Å². The molecule has 1 aliphatic heterocycles. The second-order valence-corrected chi connectivity index (χ2v) is 2.11. The molecule has 0 saturated carbocycles. The van der Waals surface area contributed by atoms with Crippen molar-refractivity contribution in [1.29, 1.82) is 0 Å².